The van der Waals surface area contributed by atoms with Gasteiger partial charge in [0.2, 0.25) is 0 Å². The van der Waals surface area contributed by atoms with Gasteiger partial charge in [-0.25, -0.2) is 0 Å². The molecule has 2 aromatic rings. The van der Waals surface area contributed by atoms with Crippen LogP contribution < -0.4 is 18.9 Å². The lowest BCUT2D eigenvalue weighted by Gasteiger charge is -2.75. The Kier molecular flexibility index (Phi) is 9.33. The number of aliphatic hydroxyl groups is 2. The Morgan fingerprint density at radius 1 is 0.571 bits per heavy atom. The molecule has 0 radical (unpaired) electrons. The van der Waals surface area contributed by atoms with E-state index >= 15 is 0 Å². The second-order valence-corrected chi connectivity index (χ2v) is 28.2. The molecular weight excluding hydrogens is 877 g/mol. The molecule has 10 heteroatoms. The van der Waals surface area contributed by atoms with E-state index in [0.717, 1.165) is 112 Å². The number of hydrogen-bond acceptors (Lipinski definition) is 10. The summed E-state index contributed by atoms with van der Waals surface area (Å²) >= 11 is 0. The molecule has 4 aliphatic heterocycles. The smallest absolute Gasteiger partial charge is 0.165 e. The molecule has 4 spiro atoms. The van der Waals surface area contributed by atoms with E-state index in [-0.39, 0.29) is 56.5 Å². The van der Waals surface area contributed by atoms with E-state index in [1.54, 1.807) is 0 Å². The van der Waals surface area contributed by atoms with Gasteiger partial charge >= 0.3 is 0 Å². The quantitative estimate of drug-likeness (QED) is 0.189. The number of piperidine rings is 2. The SMILES string of the molecule is CO[C@@]12CC[C@@]3(C[C@@H]1[C@](C)(O)C(C)(C)C)[C@H]1Cc4ccc(OCCOc5ccc6c7c5O[C@H]5[C@]8(OC)CC[C@@]9(C[C@@H]8[C@](C)(O)C(C)(C)C)[C@@H](C6)N(CC6CC6)CC[C@]759)c5c4[C@@]3(CCN1CC1CC1)[C@H]2O5. The highest BCUT2D eigenvalue weighted by atomic mass is 16.6. The van der Waals surface area contributed by atoms with Gasteiger partial charge in [-0.2, -0.15) is 0 Å². The summed E-state index contributed by atoms with van der Waals surface area (Å²) in [5.41, 5.74) is 1.29. The maximum atomic E-state index is 12.8. The maximum Gasteiger partial charge on any atom is 0.165 e. The van der Waals surface area contributed by atoms with Crippen LogP contribution in [0.5, 0.6) is 23.0 Å². The molecule has 8 saturated carbocycles. The molecule has 0 aromatic heterocycles. The van der Waals surface area contributed by atoms with Gasteiger partial charge in [0.1, 0.15) is 36.6 Å². The Balaban J connectivity index is 0.789. The molecule has 70 heavy (non-hydrogen) atoms. The summed E-state index contributed by atoms with van der Waals surface area (Å²) in [7, 11) is 3.78. The average Bonchev–Trinajstić information content (AvgIpc) is 4.26. The van der Waals surface area contributed by atoms with E-state index in [2.05, 4.69) is 89.5 Å². The van der Waals surface area contributed by atoms with Gasteiger partial charge in [-0.1, -0.05) is 53.7 Å². The van der Waals surface area contributed by atoms with Gasteiger partial charge in [0.15, 0.2) is 23.0 Å². The standard InChI is InChI=1S/C60H84N2O8/c1-51(2,3)53(7,63)41-31-55-19-21-59(41,65-9)49-57(55)23-25-61(33-35-11-12-35)43(55)29-37-15-17-39(47(69-49)45(37)57)67-27-28-68-40-18-16-38-30-44-56-20-22-60(66-10,42(32-56)54(8,64)52(4,5)6)50-58(56,46(38)48(40)70-50)24-26-62(44)34-36-13-14-36/h15-18,35-36,41-44,49-50,63-64H,11-14,19-34H2,1-10H3/t41-,42-,43-,44-,49-,50-,53+,54+,55-,56-,57+,58+,59+,60+/m1/s1. The van der Waals surface area contributed by atoms with Gasteiger partial charge < -0.3 is 38.6 Å². The molecule has 14 aliphatic rings. The number of methoxy groups -OCH3 is 2. The normalized spacial score (nSPS) is 43.1. The second-order valence-electron chi connectivity index (χ2n) is 28.2. The van der Waals surface area contributed by atoms with Crippen molar-refractivity contribution in [3.63, 3.8) is 0 Å². The van der Waals surface area contributed by atoms with Crippen molar-refractivity contribution in [3.8, 4) is 23.0 Å². The van der Waals surface area contributed by atoms with Crippen LogP contribution in [0.15, 0.2) is 24.3 Å². The van der Waals surface area contributed by atoms with Crippen LogP contribution in [0.1, 0.15) is 155 Å². The highest BCUT2D eigenvalue weighted by Crippen LogP contribution is 2.80. The summed E-state index contributed by atoms with van der Waals surface area (Å²) in [5.74, 6) is 4.90. The first kappa shape index (κ1) is 46.0. The van der Waals surface area contributed by atoms with Crippen LogP contribution in [0.3, 0.4) is 0 Å². The lowest BCUT2D eigenvalue weighted by atomic mass is 9.33. The molecule has 10 aliphatic carbocycles. The zero-order chi connectivity index (χ0) is 48.6. The number of nitrogens with zero attached hydrogens (tertiary/aromatic N) is 2. The van der Waals surface area contributed by atoms with E-state index in [0.29, 0.717) is 25.3 Å². The van der Waals surface area contributed by atoms with E-state index in [1.807, 2.05) is 14.2 Å². The van der Waals surface area contributed by atoms with Crippen molar-refractivity contribution in [2.75, 3.05) is 53.6 Å². The summed E-state index contributed by atoms with van der Waals surface area (Å²) in [6, 6.07) is 9.89. The van der Waals surface area contributed by atoms with Crippen molar-refractivity contribution in [2.24, 2.45) is 45.3 Å². The summed E-state index contributed by atoms with van der Waals surface area (Å²) in [4.78, 5) is 5.76. The van der Waals surface area contributed by atoms with Gasteiger partial charge in [-0.3, -0.25) is 9.80 Å². The predicted octanol–water partition coefficient (Wildman–Crippen LogP) is 9.19. The van der Waals surface area contributed by atoms with Crippen LogP contribution in [0.25, 0.3) is 0 Å². The lowest BCUT2D eigenvalue weighted by Crippen LogP contribution is -2.83. The van der Waals surface area contributed by atoms with Gasteiger partial charge in [-0.15, -0.1) is 0 Å². The summed E-state index contributed by atoms with van der Waals surface area (Å²) in [5, 5.41) is 25.6. The van der Waals surface area contributed by atoms with Crippen LogP contribution in [-0.4, -0.2) is 120 Å². The Morgan fingerprint density at radius 2 is 0.971 bits per heavy atom. The number of ether oxygens (including phenoxy) is 6. The topological polar surface area (TPSA) is 102 Å². The molecule has 2 N–H and O–H groups in total. The Hall–Kier alpha value is -2.60. The number of likely N-dealkylation sites (tertiary alicyclic amines) is 2. The van der Waals surface area contributed by atoms with Crippen molar-refractivity contribution in [1.29, 1.82) is 0 Å². The maximum absolute atomic E-state index is 12.8. The number of hydrogen-bond donors (Lipinski definition) is 2. The molecule has 0 unspecified atom stereocenters. The number of rotatable bonds is 13. The van der Waals surface area contributed by atoms with Crippen molar-refractivity contribution in [3.05, 3.63) is 46.5 Å². The molecule has 14 atom stereocenters. The van der Waals surface area contributed by atoms with Gasteiger partial charge in [0.05, 0.1) is 11.2 Å². The second kappa shape index (κ2) is 14.2. The van der Waals surface area contributed by atoms with Crippen molar-refractivity contribution in [1.82, 2.24) is 9.80 Å². The number of benzene rings is 2. The van der Waals surface area contributed by atoms with Crippen molar-refractivity contribution >= 4 is 0 Å². The van der Waals surface area contributed by atoms with Crippen LogP contribution >= 0.6 is 0 Å². The average molecular weight is 961 g/mol. The molecule has 16 rings (SSSR count). The van der Waals surface area contributed by atoms with Gasteiger partial charge in [0, 0.05) is 84.0 Å². The Labute approximate surface area is 418 Å². The van der Waals surface area contributed by atoms with Gasteiger partial charge in [0.25, 0.3) is 0 Å². The third-order valence-corrected chi connectivity index (χ3v) is 24.3. The monoisotopic (exact) mass is 961 g/mol. The molecule has 2 aromatic carbocycles. The third-order valence-electron chi connectivity index (χ3n) is 24.3. The Morgan fingerprint density at radius 3 is 1.33 bits per heavy atom. The molecule has 4 heterocycles. The molecular formula is C60H84N2O8. The van der Waals surface area contributed by atoms with E-state index in [1.165, 1.54) is 61.0 Å². The molecule has 382 valence electrons. The van der Waals surface area contributed by atoms with E-state index in [9.17, 15) is 10.2 Å². The first-order valence-electron chi connectivity index (χ1n) is 28.1. The van der Waals surface area contributed by atoms with Crippen LogP contribution in [0.4, 0.5) is 0 Å². The summed E-state index contributed by atoms with van der Waals surface area (Å²) in [6.45, 7) is 22.6. The van der Waals surface area contributed by atoms with Gasteiger partial charge in [-0.05, 0) is 163 Å². The number of fused-ring (bicyclic) bond motifs is 4. The fraction of sp³-hybridized carbons (Fsp3) is 0.800. The summed E-state index contributed by atoms with van der Waals surface area (Å²) < 4.78 is 42.7. The fourth-order valence-corrected chi connectivity index (χ4v) is 19.7. The largest absolute Gasteiger partial charge is 0.486 e. The van der Waals surface area contributed by atoms with Crippen molar-refractivity contribution < 1.29 is 38.6 Å². The molecule has 8 bridgehead atoms. The highest BCUT2D eigenvalue weighted by Gasteiger charge is 2.84. The zero-order valence-corrected chi connectivity index (χ0v) is 44.3. The van der Waals surface area contributed by atoms with E-state index < -0.39 is 22.4 Å². The molecule has 10 fully saturated rings. The van der Waals surface area contributed by atoms with Crippen LogP contribution in [-0.2, 0) is 33.1 Å². The third kappa shape index (κ3) is 5.29. The minimum atomic E-state index is -0.964. The van der Waals surface area contributed by atoms with Crippen molar-refractivity contribution in [2.45, 2.75) is 203 Å². The minimum Gasteiger partial charge on any atom is -0.486 e. The predicted molar refractivity (Wildman–Crippen MR) is 268 cm³/mol. The zero-order valence-electron chi connectivity index (χ0n) is 44.3. The molecule has 10 nitrogen and oxygen atoms in total. The summed E-state index contributed by atoms with van der Waals surface area (Å²) in [6.07, 6.45) is 15.0. The first-order valence-corrected chi connectivity index (χ1v) is 28.1. The Bertz CT molecular complexity index is 2350. The molecule has 0 amide bonds. The molecule has 2 saturated heterocycles. The first-order chi connectivity index (χ1) is 33.2. The van der Waals surface area contributed by atoms with Crippen LogP contribution in [0.2, 0.25) is 0 Å². The van der Waals surface area contributed by atoms with Crippen LogP contribution in [0, 0.1) is 45.3 Å². The highest BCUT2D eigenvalue weighted by molar-refractivity contribution is 5.65. The van der Waals surface area contributed by atoms with E-state index in [4.69, 9.17) is 28.4 Å². The minimum absolute atomic E-state index is 0.0212. The fourth-order valence-electron chi connectivity index (χ4n) is 19.7. The lowest BCUT2D eigenvalue weighted by molar-refractivity contribution is -0.312.